The number of phenols is 1. The van der Waals surface area contributed by atoms with Crippen molar-refractivity contribution < 1.29 is 9.90 Å². The van der Waals surface area contributed by atoms with Crippen LogP contribution >= 0.6 is 11.8 Å². The molecule has 0 saturated carbocycles. The summed E-state index contributed by atoms with van der Waals surface area (Å²) in [6, 6.07) is 15.6. The number of carbonyl (C=O) groups is 1. The average molecular weight is 342 g/mol. The molecule has 1 atom stereocenters. The summed E-state index contributed by atoms with van der Waals surface area (Å²) >= 11 is 1.69. The molecule has 2 aromatic carbocycles. The van der Waals surface area contributed by atoms with Crippen molar-refractivity contribution in [2.24, 2.45) is 0 Å². The van der Waals surface area contributed by atoms with Crippen LogP contribution in [0.15, 0.2) is 48.5 Å². The predicted molar refractivity (Wildman–Crippen MR) is 99.5 cm³/mol. The normalized spacial score (nSPS) is 17.3. The first-order chi connectivity index (χ1) is 11.5. The van der Waals surface area contributed by atoms with Gasteiger partial charge < -0.3 is 14.9 Å². The maximum atomic E-state index is 12.3. The molecule has 1 aliphatic heterocycles. The molecule has 126 valence electrons. The molecule has 1 N–H and O–H groups in total. The van der Waals surface area contributed by atoms with Gasteiger partial charge in [-0.15, -0.1) is 11.8 Å². The number of amides is 1. The third-order valence-corrected chi connectivity index (χ3v) is 5.50. The number of aromatic hydroxyl groups is 1. The van der Waals surface area contributed by atoms with Crippen LogP contribution in [0.5, 0.6) is 5.75 Å². The standard InChI is InChI=1S/C19H22N2O2S/c1-20(2)16-7-5-15(6-8-16)19-21(18(23)13-24-19)12-11-14-3-9-17(22)10-4-14/h3-10,19,22H,11-13H2,1-2H3. The Bertz CT molecular complexity index is 698. The fraction of sp³-hybridized carbons (Fsp3) is 0.316. The molecule has 4 nitrogen and oxygen atoms in total. The number of nitrogens with zero attached hydrogens (tertiary/aromatic N) is 2. The molecular weight excluding hydrogens is 320 g/mol. The summed E-state index contributed by atoms with van der Waals surface area (Å²) in [4.78, 5) is 16.3. The fourth-order valence-corrected chi connectivity index (χ4v) is 4.04. The van der Waals surface area contributed by atoms with Crippen molar-refractivity contribution in [2.45, 2.75) is 11.8 Å². The van der Waals surface area contributed by atoms with Gasteiger partial charge in [-0.3, -0.25) is 4.79 Å². The van der Waals surface area contributed by atoms with Crippen LogP contribution in [0.25, 0.3) is 0 Å². The Morgan fingerprint density at radius 3 is 2.42 bits per heavy atom. The first-order valence-electron chi connectivity index (χ1n) is 8.01. The highest BCUT2D eigenvalue weighted by Crippen LogP contribution is 2.39. The molecule has 0 radical (unpaired) electrons. The molecule has 1 fully saturated rings. The van der Waals surface area contributed by atoms with Crippen molar-refractivity contribution in [3.05, 3.63) is 59.7 Å². The summed E-state index contributed by atoms with van der Waals surface area (Å²) in [6.07, 6.45) is 0.791. The van der Waals surface area contributed by atoms with E-state index in [2.05, 4.69) is 29.2 Å². The van der Waals surface area contributed by atoms with Crippen molar-refractivity contribution in [3.8, 4) is 5.75 Å². The molecule has 3 rings (SSSR count). The van der Waals surface area contributed by atoms with E-state index in [0.717, 1.165) is 17.7 Å². The van der Waals surface area contributed by atoms with Gasteiger partial charge in [0.2, 0.25) is 5.91 Å². The smallest absolute Gasteiger partial charge is 0.233 e. The van der Waals surface area contributed by atoms with Crippen molar-refractivity contribution in [1.82, 2.24) is 4.90 Å². The maximum Gasteiger partial charge on any atom is 0.233 e. The summed E-state index contributed by atoms with van der Waals surface area (Å²) in [6.45, 7) is 0.691. The Kier molecular flexibility index (Phi) is 5.00. The minimum absolute atomic E-state index is 0.0887. The highest BCUT2D eigenvalue weighted by atomic mass is 32.2. The van der Waals surface area contributed by atoms with Gasteiger partial charge in [0.15, 0.2) is 0 Å². The first-order valence-corrected chi connectivity index (χ1v) is 9.06. The van der Waals surface area contributed by atoms with Gasteiger partial charge in [-0.2, -0.15) is 0 Å². The summed E-state index contributed by atoms with van der Waals surface area (Å²) in [5, 5.41) is 9.45. The van der Waals surface area contributed by atoms with Crippen LogP contribution in [0.4, 0.5) is 5.69 Å². The zero-order valence-electron chi connectivity index (χ0n) is 14.0. The second-order valence-electron chi connectivity index (χ2n) is 6.15. The maximum absolute atomic E-state index is 12.3. The second kappa shape index (κ2) is 7.18. The zero-order valence-corrected chi connectivity index (χ0v) is 14.8. The number of anilines is 1. The van der Waals surface area contributed by atoms with Crippen LogP contribution in [0, 0.1) is 0 Å². The van der Waals surface area contributed by atoms with Crippen LogP contribution in [0.2, 0.25) is 0 Å². The van der Waals surface area contributed by atoms with Crippen LogP contribution < -0.4 is 4.90 Å². The number of phenolic OH excluding ortho intramolecular Hbond substituents is 1. The molecule has 24 heavy (non-hydrogen) atoms. The van der Waals surface area contributed by atoms with E-state index in [0.29, 0.717) is 12.3 Å². The number of hydrogen-bond donors (Lipinski definition) is 1. The molecule has 1 unspecified atom stereocenters. The van der Waals surface area contributed by atoms with E-state index in [1.165, 1.54) is 5.56 Å². The highest BCUT2D eigenvalue weighted by Gasteiger charge is 2.32. The molecule has 0 bridgehead atoms. The third kappa shape index (κ3) is 3.67. The third-order valence-electron chi connectivity index (χ3n) is 4.24. The predicted octanol–water partition coefficient (Wildman–Crippen LogP) is 3.27. The van der Waals surface area contributed by atoms with Crippen LogP contribution in [-0.4, -0.2) is 42.3 Å². The lowest BCUT2D eigenvalue weighted by molar-refractivity contribution is -0.128. The molecule has 2 aromatic rings. The molecule has 1 heterocycles. The minimum atomic E-state index is 0.0887. The fourth-order valence-electron chi connectivity index (χ4n) is 2.82. The van der Waals surface area contributed by atoms with E-state index >= 15 is 0 Å². The SMILES string of the molecule is CN(C)c1ccc(C2SCC(=O)N2CCc2ccc(O)cc2)cc1. The summed E-state index contributed by atoms with van der Waals surface area (Å²) in [5.41, 5.74) is 3.45. The van der Waals surface area contributed by atoms with E-state index in [-0.39, 0.29) is 17.0 Å². The van der Waals surface area contributed by atoms with Gasteiger partial charge in [0.25, 0.3) is 0 Å². The lowest BCUT2D eigenvalue weighted by Crippen LogP contribution is -2.30. The molecule has 1 amide bonds. The van der Waals surface area contributed by atoms with Crippen molar-refractivity contribution >= 4 is 23.4 Å². The van der Waals surface area contributed by atoms with Crippen molar-refractivity contribution in [1.29, 1.82) is 0 Å². The van der Waals surface area contributed by atoms with E-state index in [1.54, 1.807) is 23.9 Å². The number of benzene rings is 2. The Hall–Kier alpha value is -2.14. The van der Waals surface area contributed by atoms with E-state index in [1.807, 2.05) is 31.1 Å². The average Bonchev–Trinajstić information content (AvgIpc) is 2.95. The lowest BCUT2D eigenvalue weighted by Gasteiger charge is -2.25. The Balaban J connectivity index is 1.70. The second-order valence-corrected chi connectivity index (χ2v) is 7.22. The molecule has 0 aromatic heterocycles. The monoisotopic (exact) mass is 342 g/mol. The summed E-state index contributed by atoms with van der Waals surface area (Å²) in [5.74, 6) is 1.00. The van der Waals surface area contributed by atoms with Crippen molar-refractivity contribution in [2.75, 3.05) is 31.3 Å². The van der Waals surface area contributed by atoms with E-state index in [4.69, 9.17) is 0 Å². The Morgan fingerprint density at radius 2 is 1.79 bits per heavy atom. The topological polar surface area (TPSA) is 43.8 Å². The van der Waals surface area contributed by atoms with Gasteiger partial charge in [0.1, 0.15) is 11.1 Å². The number of carbonyl (C=O) groups excluding carboxylic acids is 1. The van der Waals surface area contributed by atoms with Gasteiger partial charge in [-0.25, -0.2) is 0 Å². The summed E-state index contributed by atoms with van der Waals surface area (Å²) < 4.78 is 0. The number of rotatable bonds is 5. The molecule has 0 spiro atoms. The molecular formula is C19H22N2O2S. The number of thioether (sulfide) groups is 1. The molecule has 0 aliphatic carbocycles. The van der Waals surface area contributed by atoms with Crippen molar-refractivity contribution in [3.63, 3.8) is 0 Å². The number of hydrogen-bond acceptors (Lipinski definition) is 4. The van der Waals surface area contributed by atoms with Gasteiger partial charge in [-0.05, 0) is 41.8 Å². The van der Waals surface area contributed by atoms with Crippen LogP contribution in [0.3, 0.4) is 0 Å². The molecule has 1 aliphatic rings. The van der Waals surface area contributed by atoms with Gasteiger partial charge in [0.05, 0.1) is 5.75 Å². The lowest BCUT2D eigenvalue weighted by atomic mass is 10.1. The van der Waals surface area contributed by atoms with Gasteiger partial charge in [0, 0.05) is 26.3 Å². The summed E-state index contributed by atoms with van der Waals surface area (Å²) in [7, 11) is 4.04. The minimum Gasteiger partial charge on any atom is -0.508 e. The van der Waals surface area contributed by atoms with E-state index < -0.39 is 0 Å². The quantitative estimate of drug-likeness (QED) is 0.906. The van der Waals surface area contributed by atoms with E-state index in [9.17, 15) is 9.90 Å². The Labute approximate surface area is 147 Å². The molecule has 5 heteroatoms. The van der Waals surface area contributed by atoms with Crippen LogP contribution in [0.1, 0.15) is 16.5 Å². The van der Waals surface area contributed by atoms with Crippen LogP contribution in [-0.2, 0) is 11.2 Å². The largest absolute Gasteiger partial charge is 0.508 e. The first kappa shape index (κ1) is 16.7. The zero-order chi connectivity index (χ0) is 17.1. The highest BCUT2D eigenvalue weighted by molar-refractivity contribution is 8.00. The van der Waals surface area contributed by atoms with Gasteiger partial charge in [-0.1, -0.05) is 24.3 Å². The molecule has 1 saturated heterocycles. The Morgan fingerprint density at radius 1 is 1.12 bits per heavy atom. The van der Waals surface area contributed by atoms with Gasteiger partial charge >= 0.3 is 0 Å².